The van der Waals surface area contributed by atoms with E-state index < -0.39 is 0 Å². The van der Waals surface area contributed by atoms with E-state index in [0.29, 0.717) is 18.4 Å². The fraction of sp³-hybridized carbons (Fsp3) is 0.700. The maximum atomic E-state index is 13.3. The Kier molecular flexibility index (Phi) is 3.71. The van der Waals surface area contributed by atoms with E-state index in [0.717, 1.165) is 44.3 Å². The van der Waals surface area contributed by atoms with Crippen molar-refractivity contribution in [2.45, 2.75) is 64.5 Å². The topological polar surface area (TPSA) is 77.6 Å². The van der Waals surface area contributed by atoms with Gasteiger partial charge in [0.15, 0.2) is 0 Å². The summed E-state index contributed by atoms with van der Waals surface area (Å²) in [7, 11) is 0. The van der Waals surface area contributed by atoms with Crippen LogP contribution in [0.5, 0.6) is 0 Å². The van der Waals surface area contributed by atoms with Crippen molar-refractivity contribution in [3.63, 3.8) is 0 Å². The Morgan fingerprint density at radius 3 is 2.63 bits per heavy atom. The van der Waals surface area contributed by atoms with Gasteiger partial charge in [-0.25, -0.2) is 14.6 Å². The molecule has 6 rings (SSSR count). The summed E-state index contributed by atoms with van der Waals surface area (Å²) in [6.45, 7) is 5.52. The molecule has 27 heavy (non-hydrogen) atoms. The number of nitrogens with one attached hydrogen (secondary N) is 1. The van der Waals surface area contributed by atoms with Gasteiger partial charge in [0.05, 0.1) is 23.0 Å². The van der Waals surface area contributed by atoms with E-state index in [1.54, 1.807) is 6.33 Å². The lowest BCUT2D eigenvalue weighted by Crippen LogP contribution is -2.61. The summed E-state index contributed by atoms with van der Waals surface area (Å²) in [5.74, 6) is 1.52. The average molecular weight is 368 g/mol. The van der Waals surface area contributed by atoms with Crippen LogP contribution in [0.3, 0.4) is 0 Å². The molecule has 4 aliphatic carbocycles. The van der Waals surface area contributed by atoms with E-state index in [9.17, 15) is 4.79 Å². The van der Waals surface area contributed by atoms with Gasteiger partial charge in [0.25, 0.3) is 0 Å². The zero-order valence-corrected chi connectivity index (χ0v) is 16.2. The number of nitrogens with zero attached hydrogens (tertiary/aromatic N) is 5. The third-order valence-electron chi connectivity index (χ3n) is 7.40. The fourth-order valence-corrected chi connectivity index (χ4v) is 6.45. The highest BCUT2D eigenvalue weighted by atomic mass is 16.2. The molecule has 0 aromatic carbocycles. The molecular weight excluding hydrogens is 340 g/mol. The minimum atomic E-state index is -0.226. The number of rotatable bonds is 5. The zero-order chi connectivity index (χ0) is 18.6. The van der Waals surface area contributed by atoms with E-state index in [-0.39, 0.29) is 16.9 Å². The molecule has 7 heteroatoms. The molecule has 2 atom stereocenters. The van der Waals surface area contributed by atoms with Crippen LogP contribution in [0.15, 0.2) is 19.0 Å². The van der Waals surface area contributed by atoms with Crippen molar-refractivity contribution in [1.82, 2.24) is 29.6 Å². The highest BCUT2D eigenvalue weighted by Crippen LogP contribution is 2.64. The predicted octanol–water partition coefficient (Wildman–Crippen LogP) is 2.20. The summed E-state index contributed by atoms with van der Waals surface area (Å²) < 4.78 is 4.18. The van der Waals surface area contributed by atoms with Crippen LogP contribution in [0.4, 0.5) is 0 Å². The van der Waals surface area contributed by atoms with Gasteiger partial charge < -0.3 is 9.88 Å². The van der Waals surface area contributed by atoms with Gasteiger partial charge in [-0.05, 0) is 64.2 Å². The van der Waals surface area contributed by atoms with E-state index in [2.05, 4.69) is 36.6 Å². The molecule has 2 heterocycles. The number of carbonyl (C=O) groups is 1. The number of amides is 1. The second-order valence-corrected chi connectivity index (χ2v) is 9.17. The highest BCUT2D eigenvalue weighted by molar-refractivity contribution is 5.83. The summed E-state index contributed by atoms with van der Waals surface area (Å²) in [4.78, 5) is 21.8. The van der Waals surface area contributed by atoms with Crippen molar-refractivity contribution < 1.29 is 4.79 Å². The van der Waals surface area contributed by atoms with Crippen LogP contribution >= 0.6 is 0 Å². The van der Waals surface area contributed by atoms with Crippen molar-refractivity contribution >= 4 is 5.91 Å². The minimum Gasteiger partial charge on any atom is -0.354 e. The normalized spacial score (nSPS) is 34.1. The quantitative estimate of drug-likeness (QED) is 0.878. The molecule has 1 N–H and O–H groups in total. The fourth-order valence-electron chi connectivity index (χ4n) is 6.45. The molecule has 2 aromatic heterocycles. The van der Waals surface area contributed by atoms with Gasteiger partial charge in [-0.2, -0.15) is 5.10 Å². The minimum absolute atomic E-state index is 0.00400. The van der Waals surface area contributed by atoms with Crippen molar-refractivity contribution in [3.8, 4) is 0 Å². The number of imidazole rings is 1. The Balaban J connectivity index is 1.32. The number of hydrogen-bond donors (Lipinski definition) is 1. The number of aromatic nitrogens is 5. The highest BCUT2D eigenvalue weighted by Gasteiger charge is 2.61. The van der Waals surface area contributed by atoms with Crippen molar-refractivity contribution in [2.24, 2.45) is 17.3 Å². The lowest BCUT2D eigenvalue weighted by Gasteiger charge is -2.60. The molecule has 4 saturated carbocycles. The summed E-state index contributed by atoms with van der Waals surface area (Å²) in [5, 5.41) is 7.73. The molecule has 0 aliphatic heterocycles. The van der Waals surface area contributed by atoms with Crippen molar-refractivity contribution in [3.05, 3.63) is 30.4 Å². The third kappa shape index (κ3) is 2.62. The second kappa shape index (κ2) is 5.91. The van der Waals surface area contributed by atoms with E-state index >= 15 is 0 Å². The first-order valence-electron chi connectivity index (χ1n) is 10.1. The lowest BCUT2D eigenvalue weighted by atomic mass is 9.46. The molecule has 1 amide bonds. The number of hydrogen-bond acceptors (Lipinski definition) is 4. The van der Waals surface area contributed by atoms with E-state index in [4.69, 9.17) is 0 Å². The second-order valence-electron chi connectivity index (χ2n) is 9.17. The van der Waals surface area contributed by atoms with Crippen LogP contribution in [0.2, 0.25) is 0 Å². The first kappa shape index (κ1) is 17.0. The molecular formula is C20H28N6O. The van der Waals surface area contributed by atoms with Crippen molar-refractivity contribution in [2.75, 3.05) is 6.54 Å². The lowest BCUT2D eigenvalue weighted by molar-refractivity contribution is -0.156. The van der Waals surface area contributed by atoms with Gasteiger partial charge in [0.2, 0.25) is 5.91 Å². The van der Waals surface area contributed by atoms with Gasteiger partial charge in [0.1, 0.15) is 12.7 Å². The van der Waals surface area contributed by atoms with Crippen LogP contribution in [0.25, 0.3) is 0 Å². The Hall–Kier alpha value is -2.18. The Morgan fingerprint density at radius 2 is 2.00 bits per heavy atom. The first-order valence-corrected chi connectivity index (χ1v) is 10.1. The standard InChI is InChI=1S/C20H28N6O/c1-14-15(2)25(13-23-14)4-3-22-18(27)19-6-16-5-17(7-19)9-20(8-16,10-19)26-12-21-11-24-26/h11-13,16-17H,3-10H2,1-2H3,(H,22,27). The first-order chi connectivity index (χ1) is 13.0. The molecule has 4 aliphatic rings. The Bertz CT molecular complexity index is 840. The van der Waals surface area contributed by atoms with Crippen LogP contribution in [0.1, 0.15) is 49.9 Å². The summed E-state index contributed by atoms with van der Waals surface area (Å²) >= 11 is 0. The number of aryl methyl sites for hydroxylation is 1. The molecule has 4 fully saturated rings. The molecule has 0 spiro atoms. The smallest absolute Gasteiger partial charge is 0.226 e. The molecule has 2 aromatic rings. The zero-order valence-electron chi connectivity index (χ0n) is 16.2. The summed E-state index contributed by atoms with van der Waals surface area (Å²) in [6.07, 6.45) is 11.9. The Labute approximate surface area is 159 Å². The average Bonchev–Trinajstić information content (AvgIpc) is 3.27. The molecule has 2 unspecified atom stereocenters. The van der Waals surface area contributed by atoms with Crippen LogP contribution in [0, 0.1) is 31.1 Å². The van der Waals surface area contributed by atoms with E-state index in [1.165, 1.54) is 12.1 Å². The van der Waals surface area contributed by atoms with Gasteiger partial charge in [-0.15, -0.1) is 0 Å². The van der Waals surface area contributed by atoms with Gasteiger partial charge in [-0.1, -0.05) is 0 Å². The monoisotopic (exact) mass is 368 g/mol. The van der Waals surface area contributed by atoms with Crippen molar-refractivity contribution in [1.29, 1.82) is 0 Å². The van der Waals surface area contributed by atoms with Crippen LogP contribution < -0.4 is 5.32 Å². The predicted molar refractivity (Wildman–Crippen MR) is 99.8 cm³/mol. The SMILES string of the molecule is Cc1ncn(CCNC(=O)C23CC4CC(C2)CC(n2cncn2)(C4)C3)c1C. The van der Waals surface area contributed by atoms with Gasteiger partial charge >= 0.3 is 0 Å². The van der Waals surface area contributed by atoms with Gasteiger partial charge in [0, 0.05) is 18.8 Å². The Morgan fingerprint density at radius 1 is 1.22 bits per heavy atom. The molecule has 0 radical (unpaired) electrons. The summed E-state index contributed by atoms with van der Waals surface area (Å²) in [6, 6.07) is 0. The maximum Gasteiger partial charge on any atom is 0.226 e. The molecule has 4 bridgehead atoms. The van der Waals surface area contributed by atoms with E-state index in [1.807, 2.05) is 19.6 Å². The largest absolute Gasteiger partial charge is 0.354 e. The third-order valence-corrected chi connectivity index (χ3v) is 7.40. The van der Waals surface area contributed by atoms with Gasteiger partial charge in [-0.3, -0.25) is 4.79 Å². The summed E-state index contributed by atoms with van der Waals surface area (Å²) in [5.41, 5.74) is 1.99. The van der Waals surface area contributed by atoms with Crippen LogP contribution in [-0.4, -0.2) is 36.8 Å². The molecule has 7 nitrogen and oxygen atoms in total. The number of carbonyl (C=O) groups excluding carboxylic acids is 1. The molecule has 144 valence electrons. The molecule has 0 saturated heterocycles. The van der Waals surface area contributed by atoms with Crippen LogP contribution in [-0.2, 0) is 16.9 Å². The maximum absolute atomic E-state index is 13.3.